The molecule has 0 heterocycles. The van der Waals surface area contributed by atoms with Crippen molar-refractivity contribution < 1.29 is 8.95 Å². The summed E-state index contributed by atoms with van der Waals surface area (Å²) in [6.07, 6.45) is 3.01. The van der Waals surface area contributed by atoms with E-state index in [1.807, 2.05) is 13.1 Å². The predicted octanol–water partition coefficient (Wildman–Crippen LogP) is 3.07. The van der Waals surface area contributed by atoms with Crippen LogP contribution in [0.1, 0.15) is 43.9 Å². The summed E-state index contributed by atoms with van der Waals surface area (Å²) in [5, 5.41) is 3.60. The standard InChI is InChI=1S/C17H27NO2S/c1-12(2)9-10-21(19)16-8-5-13-11-14(20-4)6-7-15(13)17(16)18-3/h6-7,11-12,16-18H,5,8-10H2,1-4H3. The van der Waals surface area contributed by atoms with Crippen LogP contribution < -0.4 is 10.1 Å². The lowest BCUT2D eigenvalue weighted by atomic mass is 9.87. The van der Waals surface area contributed by atoms with Gasteiger partial charge in [0, 0.05) is 22.6 Å². The van der Waals surface area contributed by atoms with E-state index in [-0.39, 0.29) is 11.3 Å². The molecule has 118 valence electrons. The van der Waals surface area contributed by atoms with E-state index < -0.39 is 10.8 Å². The van der Waals surface area contributed by atoms with Crippen molar-refractivity contribution in [1.29, 1.82) is 0 Å². The lowest BCUT2D eigenvalue weighted by Gasteiger charge is -2.33. The fraction of sp³-hybridized carbons (Fsp3) is 0.647. The van der Waals surface area contributed by atoms with Gasteiger partial charge in [-0.05, 0) is 55.5 Å². The number of fused-ring (bicyclic) bond motifs is 1. The molecule has 1 aromatic rings. The van der Waals surface area contributed by atoms with Crippen molar-refractivity contribution in [2.45, 2.75) is 44.4 Å². The molecule has 0 saturated carbocycles. The Kier molecular flexibility index (Phi) is 5.82. The lowest BCUT2D eigenvalue weighted by Crippen LogP contribution is -2.37. The molecule has 3 unspecified atom stereocenters. The first-order chi connectivity index (χ1) is 10.1. The third-order valence-electron chi connectivity index (χ3n) is 4.30. The molecule has 2 rings (SSSR count). The zero-order chi connectivity index (χ0) is 15.4. The van der Waals surface area contributed by atoms with Crippen LogP contribution in [0.2, 0.25) is 0 Å². The molecule has 1 aliphatic rings. The molecule has 0 radical (unpaired) electrons. The Morgan fingerprint density at radius 1 is 1.43 bits per heavy atom. The molecule has 0 aromatic heterocycles. The highest BCUT2D eigenvalue weighted by atomic mass is 32.2. The van der Waals surface area contributed by atoms with Crippen LogP contribution in [-0.2, 0) is 17.2 Å². The van der Waals surface area contributed by atoms with E-state index in [1.54, 1.807) is 7.11 Å². The average molecular weight is 309 g/mol. The number of benzene rings is 1. The van der Waals surface area contributed by atoms with Gasteiger partial charge in [-0.2, -0.15) is 0 Å². The second kappa shape index (κ2) is 7.41. The maximum Gasteiger partial charge on any atom is 0.119 e. The molecule has 0 fully saturated rings. The van der Waals surface area contributed by atoms with Crippen LogP contribution in [-0.4, -0.2) is 29.4 Å². The number of methoxy groups -OCH3 is 1. The third-order valence-corrected chi connectivity index (χ3v) is 6.12. The first kappa shape index (κ1) is 16.5. The molecule has 3 atom stereocenters. The van der Waals surface area contributed by atoms with Crippen molar-refractivity contribution in [2.75, 3.05) is 19.9 Å². The van der Waals surface area contributed by atoms with E-state index in [9.17, 15) is 4.21 Å². The Bertz CT molecular complexity index is 502. The Balaban J connectivity index is 2.17. The van der Waals surface area contributed by atoms with Gasteiger partial charge in [-0.15, -0.1) is 0 Å². The van der Waals surface area contributed by atoms with Gasteiger partial charge in [0.25, 0.3) is 0 Å². The number of aryl methyl sites for hydroxylation is 1. The number of nitrogens with one attached hydrogen (secondary N) is 1. The fourth-order valence-corrected chi connectivity index (χ4v) is 5.00. The van der Waals surface area contributed by atoms with Crippen LogP contribution in [0.25, 0.3) is 0 Å². The van der Waals surface area contributed by atoms with Crippen molar-refractivity contribution in [1.82, 2.24) is 5.32 Å². The summed E-state index contributed by atoms with van der Waals surface area (Å²) in [6.45, 7) is 4.38. The summed E-state index contributed by atoms with van der Waals surface area (Å²) >= 11 is 0. The Labute approximate surface area is 130 Å². The maximum absolute atomic E-state index is 12.7. The normalized spacial score (nSPS) is 22.9. The van der Waals surface area contributed by atoms with Gasteiger partial charge in [0.05, 0.1) is 12.4 Å². The Morgan fingerprint density at radius 3 is 2.81 bits per heavy atom. The largest absolute Gasteiger partial charge is 0.497 e. The molecular formula is C17H27NO2S. The number of hydrogen-bond acceptors (Lipinski definition) is 3. The highest BCUT2D eigenvalue weighted by Crippen LogP contribution is 2.35. The molecule has 1 aromatic carbocycles. The van der Waals surface area contributed by atoms with Gasteiger partial charge in [-0.1, -0.05) is 19.9 Å². The van der Waals surface area contributed by atoms with Crippen LogP contribution >= 0.6 is 0 Å². The highest BCUT2D eigenvalue weighted by Gasteiger charge is 2.32. The van der Waals surface area contributed by atoms with Crippen LogP contribution in [0.4, 0.5) is 0 Å². The molecule has 0 bridgehead atoms. The van der Waals surface area contributed by atoms with Gasteiger partial charge in [-0.3, -0.25) is 4.21 Å². The second-order valence-electron chi connectivity index (χ2n) is 6.18. The van der Waals surface area contributed by atoms with E-state index in [4.69, 9.17) is 4.74 Å². The number of hydrogen-bond donors (Lipinski definition) is 1. The molecule has 1 aliphatic carbocycles. The van der Waals surface area contributed by atoms with E-state index >= 15 is 0 Å². The quantitative estimate of drug-likeness (QED) is 0.877. The summed E-state index contributed by atoms with van der Waals surface area (Å²) in [5.74, 6) is 2.33. The topological polar surface area (TPSA) is 38.3 Å². The zero-order valence-electron chi connectivity index (χ0n) is 13.5. The smallest absolute Gasteiger partial charge is 0.119 e. The Morgan fingerprint density at radius 2 is 2.19 bits per heavy atom. The molecule has 3 nitrogen and oxygen atoms in total. The molecule has 0 amide bonds. The first-order valence-corrected chi connectivity index (χ1v) is 9.16. The summed E-state index contributed by atoms with van der Waals surface area (Å²) < 4.78 is 18.0. The van der Waals surface area contributed by atoms with E-state index in [0.717, 1.165) is 30.8 Å². The minimum absolute atomic E-state index is 0.188. The molecule has 4 heteroatoms. The van der Waals surface area contributed by atoms with Crippen LogP contribution in [0, 0.1) is 5.92 Å². The molecule has 0 aliphatic heterocycles. The van der Waals surface area contributed by atoms with Gasteiger partial charge >= 0.3 is 0 Å². The van der Waals surface area contributed by atoms with Crippen molar-refractivity contribution in [3.63, 3.8) is 0 Å². The lowest BCUT2D eigenvalue weighted by molar-refractivity contribution is 0.412. The highest BCUT2D eigenvalue weighted by molar-refractivity contribution is 7.85. The summed E-state index contributed by atoms with van der Waals surface area (Å²) in [7, 11) is 2.90. The fourth-order valence-electron chi connectivity index (χ4n) is 3.02. The first-order valence-electron chi connectivity index (χ1n) is 7.78. The van der Waals surface area contributed by atoms with Crippen molar-refractivity contribution >= 4 is 10.8 Å². The molecule has 0 saturated heterocycles. The molecule has 1 N–H and O–H groups in total. The van der Waals surface area contributed by atoms with E-state index in [0.29, 0.717) is 5.92 Å². The molecular weight excluding hydrogens is 282 g/mol. The van der Waals surface area contributed by atoms with Gasteiger partial charge in [0.1, 0.15) is 5.75 Å². The van der Waals surface area contributed by atoms with Crippen molar-refractivity contribution in [3.8, 4) is 5.75 Å². The maximum atomic E-state index is 12.7. The van der Waals surface area contributed by atoms with Gasteiger partial charge in [-0.25, -0.2) is 0 Å². The van der Waals surface area contributed by atoms with Crippen LogP contribution in [0.15, 0.2) is 18.2 Å². The summed E-state index contributed by atoms with van der Waals surface area (Å²) in [4.78, 5) is 0. The Hall–Kier alpha value is -0.870. The predicted molar refractivity (Wildman–Crippen MR) is 89.4 cm³/mol. The van der Waals surface area contributed by atoms with Gasteiger partial charge in [0.15, 0.2) is 0 Å². The molecule has 21 heavy (non-hydrogen) atoms. The summed E-state index contributed by atoms with van der Waals surface area (Å²) in [6, 6.07) is 6.43. The average Bonchev–Trinajstić information content (AvgIpc) is 2.50. The third kappa shape index (κ3) is 3.86. The number of ether oxygens (including phenoxy) is 1. The van der Waals surface area contributed by atoms with Crippen molar-refractivity contribution in [2.24, 2.45) is 5.92 Å². The van der Waals surface area contributed by atoms with Gasteiger partial charge in [0.2, 0.25) is 0 Å². The van der Waals surface area contributed by atoms with Crippen molar-refractivity contribution in [3.05, 3.63) is 29.3 Å². The summed E-state index contributed by atoms with van der Waals surface area (Å²) in [5.41, 5.74) is 2.61. The minimum Gasteiger partial charge on any atom is -0.497 e. The SMILES string of the molecule is CNC1c2ccc(OC)cc2CCC1S(=O)CCC(C)C. The monoisotopic (exact) mass is 309 g/mol. The van der Waals surface area contributed by atoms with Crippen LogP contribution in [0.5, 0.6) is 5.75 Å². The van der Waals surface area contributed by atoms with Crippen LogP contribution in [0.3, 0.4) is 0 Å². The van der Waals surface area contributed by atoms with E-state index in [2.05, 4.69) is 31.3 Å². The number of rotatable bonds is 6. The molecule has 0 spiro atoms. The van der Waals surface area contributed by atoms with Gasteiger partial charge < -0.3 is 10.1 Å². The van der Waals surface area contributed by atoms with E-state index in [1.165, 1.54) is 11.1 Å². The zero-order valence-corrected chi connectivity index (χ0v) is 14.3. The second-order valence-corrected chi connectivity index (χ2v) is 7.95. The minimum atomic E-state index is -0.765.